The van der Waals surface area contributed by atoms with Crippen LogP contribution in [0, 0.1) is 0 Å². The van der Waals surface area contributed by atoms with Crippen molar-refractivity contribution < 1.29 is 9.90 Å². The van der Waals surface area contributed by atoms with Gasteiger partial charge in [0.25, 0.3) is 0 Å². The van der Waals surface area contributed by atoms with Gasteiger partial charge in [-0.1, -0.05) is 54.1 Å². The van der Waals surface area contributed by atoms with Crippen LogP contribution in [0.4, 0.5) is 11.4 Å². The molecule has 5 rings (SSSR count). The van der Waals surface area contributed by atoms with E-state index in [0.29, 0.717) is 17.9 Å². The van der Waals surface area contributed by atoms with Crippen molar-refractivity contribution in [3.8, 4) is 5.75 Å². The summed E-state index contributed by atoms with van der Waals surface area (Å²) in [6, 6.07) is 22.4. The molecule has 0 amide bonds. The lowest BCUT2D eigenvalue weighted by molar-refractivity contribution is -0.116. The number of phenolic OH excluding ortho intramolecular Hbond substituents is 1. The number of phenols is 1. The monoisotopic (exact) mass is 416 g/mol. The Morgan fingerprint density at radius 1 is 0.900 bits per heavy atom. The average molecular weight is 417 g/mol. The van der Waals surface area contributed by atoms with Gasteiger partial charge in [-0.3, -0.25) is 4.79 Å². The Balaban J connectivity index is 1.63. The number of hydrogen-bond acceptors (Lipinski definition) is 4. The topological polar surface area (TPSA) is 61.4 Å². The summed E-state index contributed by atoms with van der Waals surface area (Å²) >= 11 is 6.45. The molecule has 1 heterocycles. The van der Waals surface area contributed by atoms with Crippen LogP contribution in [-0.4, -0.2) is 10.9 Å². The first kappa shape index (κ1) is 18.8. The highest BCUT2D eigenvalue weighted by Crippen LogP contribution is 2.45. The average Bonchev–Trinajstić information content (AvgIpc) is 2.91. The van der Waals surface area contributed by atoms with Crippen LogP contribution in [0.1, 0.15) is 35.9 Å². The molecule has 3 aromatic carbocycles. The minimum absolute atomic E-state index is 0.0209. The predicted octanol–water partition coefficient (Wildman–Crippen LogP) is 6.03. The molecule has 1 aliphatic heterocycles. The minimum Gasteiger partial charge on any atom is -0.508 e. The lowest BCUT2D eigenvalue weighted by atomic mass is 9.78. The van der Waals surface area contributed by atoms with Gasteiger partial charge >= 0.3 is 0 Å². The van der Waals surface area contributed by atoms with E-state index in [1.54, 1.807) is 18.2 Å². The Labute approximate surface area is 180 Å². The van der Waals surface area contributed by atoms with Gasteiger partial charge in [0.1, 0.15) is 5.75 Å². The number of rotatable bonds is 2. The maximum atomic E-state index is 13.5. The maximum absolute atomic E-state index is 13.5. The molecular weight excluding hydrogens is 396 g/mol. The maximum Gasteiger partial charge on any atom is 0.163 e. The highest BCUT2D eigenvalue weighted by Gasteiger charge is 2.36. The van der Waals surface area contributed by atoms with E-state index in [1.807, 2.05) is 54.6 Å². The summed E-state index contributed by atoms with van der Waals surface area (Å²) in [4.78, 5) is 13.5. The Morgan fingerprint density at radius 3 is 2.47 bits per heavy atom. The summed E-state index contributed by atoms with van der Waals surface area (Å²) in [5, 5.41) is 17.8. The van der Waals surface area contributed by atoms with E-state index in [1.165, 1.54) is 0 Å². The van der Waals surface area contributed by atoms with Crippen LogP contribution >= 0.6 is 11.6 Å². The summed E-state index contributed by atoms with van der Waals surface area (Å²) in [7, 11) is 0. The normalized spacial score (nSPS) is 20.5. The van der Waals surface area contributed by atoms with E-state index < -0.39 is 0 Å². The van der Waals surface area contributed by atoms with Crippen LogP contribution in [0.2, 0.25) is 5.02 Å². The number of allylic oxidation sites excluding steroid dienone is 1. The van der Waals surface area contributed by atoms with E-state index in [4.69, 9.17) is 11.6 Å². The van der Waals surface area contributed by atoms with Crippen LogP contribution in [0.3, 0.4) is 0 Å². The zero-order valence-corrected chi connectivity index (χ0v) is 17.0. The van der Waals surface area contributed by atoms with Gasteiger partial charge in [0.15, 0.2) is 5.78 Å². The number of halogens is 1. The lowest BCUT2D eigenvalue weighted by Crippen LogP contribution is -2.27. The first-order chi connectivity index (χ1) is 14.6. The van der Waals surface area contributed by atoms with E-state index in [-0.39, 0.29) is 23.5 Å². The van der Waals surface area contributed by atoms with Crippen molar-refractivity contribution in [1.29, 1.82) is 0 Å². The SMILES string of the molecule is O=C1CC(c2ccccc2Cl)CC2=C1C(c1cccc(O)c1)Nc1ccccc1N2. The molecule has 3 aromatic rings. The van der Waals surface area contributed by atoms with Gasteiger partial charge in [-0.05, 0) is 53.8 Å². The molecule has 1 aliphatic carbocycles. The second-order valence-corrected chi connectivity index (χ2v) is 8.19. The summed E-state index contributed by atoms with van der Waals surface area (Å²) in [6.45, 7) is 0. The van der Waals surface area contributed by atoms with Gasteiger partial charge in [0.2, 0.25) is 0 Å². The number of hydrogen-bond donors (Lipinski definition) is 3. The summed E-state index contributed by atoms with van der Waals surface area (Å²) in [5.74, 6) is 0.286. The molecule has 0 saturated heterocycles. The fourth-order valence-electron chi connectivity index (χ4n) is 4.47. The molecule has 0 aromatic heterocycles. The standard InChI is InChI=1S/C25H21ClN2O2/c26-19-9-2-1-8-18(19)16-13-22-24(23(30)14-16)25(15-6-5-7-17(29)12-15)28-21-11-4-3-10-20(21)27-22/h1-12,16,25,27-29H,13-14H2. The van der Waals surface area contributed by atoms with Crippen LogP contribution in [0.5, 0.6) is 5.75 Å². The van der Waals surface area contributed by atoms with Crippen LogP contribution < -0.4 is 10.6 Å². The van der Waals surface area contributed by atoms with Crippen LogP contribution in [-0.2, 0) is 4.79 Å². The molecule has 0 saturated carbocycles. The molecule has 0 radical (unpaired) electrons. The molecule has 2 unspecified atom stereocenters. The Morgan fingerprint density at radius 2 is 1.67 bits per heavy atom. The summed E-state index contributed by atoms with van der Waals surface area (Å²) in [5.41, 5.74) is 5.33. The van der Waals surface area contributed by atoms with Crippen molar-refractivity contribution in [3.63, 3.8) is 0 Å². The van der Waals surface area contributed by atoms with Gasteiger partial charge in [-0.2, -0.15) is 0 Å². The third-order valence-electron chi connectivity index (χ3n) is 5.86. The lowest BCUT2D eigenvalue weighted by Gasteiger charge is -2.30. The quantitative estimate of drug-likeness (QED) is 0.477. The van der Waals surface area contributed by atoms with Gasteiger partial charge in [0, 0.05) is 22.7 Å². The first-order valence-corrected chi connectivity index (χ1v) is 10.4. The third-order valence-corrected chi connectivity index (χ3v) is 6.20. The number of para-hydroxylation sites is 2. The number of carbonyl (C=O) groups is 1. The predicted molar refractivity (Wildman–Crippen MR) is 120 cm³/mol. The third kappa shape index (κ3) is 3.33. The number of aromatic hydroxyl groups is 1. The molecule has 3 N–H and O–H groups in total. The van der Waals surface area contributed by atoms with Crippen molar-refractivity contribution in [1.82, 2.24) is 0 Å². The van der Waals surface area contributed by atoms with Crippen molar-refractivity contribution in [2.45, 2.75) is 24.8 Å². The second kappa shape index (κ2) is 7.54. The number of benzene rings is 3. The van der Waals surface area contributed by atoms with Gasteiger partial charge in [0.05, 0.1) is 17.4 Å². The number of anilines is 2. The number of ketones is 1. The number of carbonyl (C=O) groups excluding carboxylic acids is 1. The molecule has 4 nitrogen and oxygen atoms in total. The molecule has 0 fully saturated rings. The zero-order valence-electron chi connectivity index (χ0n) is 16.2. The van der Waals surface area contributed by atoms with Gasteiger partial charge in [-0.25, -0.2) is 0 Å². The summed E-state index contributed by atoms with van der Waals surface area (Å²) < 4.78 is 0. The van der Waals surface area contributed by atoms with Crippen molar-refractivity contribution in [3.05, 3.63) is 100 Å². The molecular formula is C25H21ClN2O2. The van der Waals surface area contributed by atoms with Crippen LogP contribution in [0.25, 0.3) is 0 Å². The van der Waals surface area contributed by atoms with Crippen molar-refractivity contribution in [2.24, 2.45) is 0 Å². The number of Topliss-reactive ketones (excluding diaryl/α,β-unsaturated/α-hetero) is 1. The Hall–Kier alpha value is -3.24. The molecule has 30 heavy (non-hydrogen) atoms. The van der Waals surface area contributed by atoms with Crippen LogP contribution in [0.15, 0.2) is 84.1 Å². The molecule has 5 heteroatoms. The van der Waals surface area contributed by atoms with E-state index in [9.17, 15) is 9.90 Å². The Bertz CT molecular complexity index is 1170. The molecule has 2 aliphatic rings. The fraction of sp³-hybridized carbons (Fsp3) is 0.160. The highest BCUT2D eigenvalue weighted by atomic mass is 35.5. The van der Waals surface area contributed by atoms with E-state index in [0.717, 1.165) is 33.8 Å². The summed E-state index contributed by atoms with van der Waals surface area (Å²) in [6.07, 6.45) is 1.09. The second-order valence-electron chi connectivity index (χ2n) is 7.79. The molecule has 0 bridgehead atoms. The van der Waals surface area contributed by atoms with E-state index >= 15 is 0 Å². The van der Waals surface area contributed by atoms with Gasteiger partial charge in [-0.15, -0.1) is 0 Å². The fourth-order valence-corrected chi connectivity index (χ4v) is 4.76. The van der Waals surface area contributed by atoms with Gasteiger partial charge < -0.3 is 15.7 Å². The molecule has 150 valence electrons. The van der Waals surface area contributed by atoms with E-state index in [2.05, 4.69) is 10.6 Å². The zero-order chi connectivity index (χ0) is 20.7. The minimum atomic E-state index is -0.344. The smallest absolute Gasteiger partial charge is 0.163 e. The molecule has 0 spiro atoms. The Kier molecular flexibility index (Phi) is 4.72. The van der Waals surface area contributed by atoms with Crippen molar-refractivity contribution in [2.75, 3.05) is 10.6 Å². The number of nitrogens with one attached hydrogen (secondary N) is 2. The first-order valence-electron chi connectivity index (χ1n) is 10.0. The number of fused-ring (bicyclic) bond motifs is 1. The largest absolute Gasteiger partial charge is 0.508 e. The molecule has 2 atom stereocenters. The van der Waals surface area contributed by atoms with Crippen molar-refractivity contribution >= 4 is 28.8 Å². The highest BCUT2D eigenvalue weighted by molar-refractivity contribution is 6.31.